The minimum absolute atomic E-state index is 0.297. The highest BCUT2D eigenvalue weighted by molar-refractivity contribution is 5.64. The van der Waals surface area contributed by atoms with E-state index in [0.717, 1.165) is 5.56 Å². The number of hydrogen-bond acceptors (Lipinski definition) is 3. The Balaban J connectivity index is 2.13. The number of hydrogen-bond donors (Lipinski definition) is 0. The largest absolute Gasteiger partial charge is 0.255 e. The predicted molar refractivity (Wildman–Crippen MR) is 71.5 cm³/mol. The molecule has 1 aromatic carbocycles. The maximum Gasteiger partial charge on any atom is 0.123 e. The maximum absolute atomic E-state index is 12.9. The number of nitrogens with zero attached hydrogens (tertiary/aromatic N) is 4. The van der Waals surface area contributed by atoms with Crippen LogP contribution in [-0.4, -0.2) is 14.8 Å². The Kier molecular flexibility index (Phi) is 2.98. The van der Waals surface area contributed by atoms with Gasteiger partial charge in [0.1, 0.15) is 11.9 Å². The van der Waals surface area contributed by atoms with E-state index < -0.39 is 0 Å². The van der Waals surface area contributed by atoms with Crippen LogP contribution in [0.1, 0.15) is 5.56 Å². The van der Waals surface area contributed by atoms with Gasteiger partial charge in [-0.25, -0.2) is 9.07 Å². The minimum atomic E-state index is -0.297. The average Bonchev–Trinajstić information content (AvgIpc) is 3.01. The summed E-state index contributed by atoms with van der Waals surface area (Å²) < 4.78 is 14.6. The van der Waals surface area contributed by atoms with E-state index in [2.05, 4.69) is 16.2 Å². The molecule has 2 aromatic heterocycles. The van der Waals surface area contributed by atoms with Gasteiger partial charge in [0.15, 0.2) is 0 Å². The van der Waals surface area contributed by atoms with Crippen LogP contribution in [0.15, 0.2) is 55.0 Å². The summed E-state index contributed by atoms with van der Waals surface area (Å²) in [6.45, 7) is 0. The maximum atomic E-state index is 12.9. The van der Waals surface area contributed by atoms with Crippen molar-refractivity contribution in [2.75, 3.05) is 0 Å². The Morgan fingerprint density at radius 3 is 2.65 bits per heavy atom. The highest BCUT2D eigenvalue weighted by Gasteiger charge is 2.08. The second kappa shape index (κ2) is 4.94. The van der Waals surface area contributed by atoms with Crippen LogP contribution in [0.25, 0.3) is 16.9 Å². The van der Waals surface area contributed by atoms with Crippen molar-refractivity contribution >= 4 is 0 Å². The van der Waals surface area contributed by atoms with E-state index in [1.54, 1.807) is 41.3 Å². The Bertz CT molecular complexity index is 771. The van der Waals surface area contributed by atoms with Gasteiger partial charge in [-0.1, -0.05) is 0 Å². The number of pyridine rings is 1. The van der Waals surface area contributed by atoms with Gasteiger partial charge < -0.3 is 0 Å². The lowest BCUT2D eigenvalue weighted by molar-refractivity contribution is 0.628. The average molecular weight is 264 g/mol. The number of nitriles is 1. The fourth-order valence-corrected chi connectivity index (χ4v) is 1.91. The van der Waals surface area contributed by atoms with Crippen molar-refractivity contribution in [2.45, 2.75) is 0 Å². The van der Waals surface area contributed by atoms with Gasteiger partial charge in [-0.05, 0) is 36.4 Å². The first-order valence-corrected chi connectivity index (χ1v) is 5.94. The van der Waals surface area contributed by atoms with Crippen LogP contribution in [0.3, 0.4) is 0 Å². The zero-order valence-corrected chi connectivity index (χ0v) is 10.4. The molecular weight excluding hydrogens is 255 g/mol. The third kappa shape index (κ3) is 2.15. The second-order valence-electron chi connectivity index (χ2n) is 4.16. The third-order valence-electron chi connectivity index (χ3n) is 2.89. The van der Waals surface area contributed by atoms with Crippen LogP contribution in [0.4, 0.5) is 4.39 Å². The molecule has 0 amide bonds. The molecule has 20 heavy (non-hydrogen) atoms. The predicted octanol–water partition coefficient (Wildman–Crippen LogP) is 2.95. The fraction of sp³-hybridized carbons (Fsp3) is 0. The topological polar surface area (TPSA) is 54.5 Å². The molecule has 0 radical (unpaired) electrons. The Morgan fingerprint density at radius 1 is 1.20 bits per heavy atom. The van der Waals surface area contributed by atoms with Crippen molar-refractivity contribution in [1.29, 1.82) is 5.26 Å². The molecule has 3 rings (SSSR count). The van der Waals surface area contributed by atoms with E-state index in [0.29, 0.717) is 16.9 Å². The van der Waals surface area contributed by atoms with Crippen molar-refractivity contribution < 1.29 is 4.39 Å². The summed E-state index contributed by atoms with van der Waals surface area (Å²) in [5.74, 6) is -0.297. The lowest BCUT2D eigenvalue weighted by Gasteiger charge is -2.07. The minimum Gasteiger partial charge on any atom is -0.255 e. The SMILES string of the molecule is N#Cc1cnc(-c2ccc(F)cc2)cc1-n1cccn1. The molecular formula is C15H9FN4. The molecule has 0 aliphatic heterocycles. The van der Waals surface area contributed by atoms with Gasteiger partial charge in [0.2, 0.25) is 0 Å². The van der Waals surface area contributed by atoms with Gasteiger partial charge in [0, 0.05) is 24.2 Å². The summed E-state index contributed by atoms with van der Waals surface area (Å²) in [5, 5.41) is 13.3. The van der Waals surface area contributed by atoms with E-state index in [-0.39, 0.29) is 5.82 Å². The van der Waals surface area contributed by atoms with Gasteiger partial charge >= 0.3 is 0 Å². The molecule has 0 aliphatic rings. The van der Waals surface area contributed by atoms with Crippen molar-refractivity contribution in [2.24, 2.45) is 0 Å². The summed E-state index contributed by atoms with van der Waals surface area (Å²) in [6.07, 6.45) is 4.89. The van der Waals surface area contributed by atoms with Gasteiger partial charge in [0.05, 0.1) is 16.9 Å². The molecule has 96 valence electrons. The highest BCUT2D eigenvalue weighted by atomic mass is 19.1. The molecule has 0 unspecified atom stereocenters. The zero-order valence-electron chi connectivity index (χ0n) is 10.4. The van der Waals surface area contributed by atoms with Crippen LogP contribution in [0.5, 0.6) is 0 Å². The van der Waals surface area contributed by atoms with Gasteiger partial charge in [0.25, 0.3) is 0 Å². The Labute approximate surface area is 114 Å². The van der Waals surface area contributed by atoms with Crippen LogP contribution in [0.2, 0.25) is 0 Å². The van der Waals surface area contributed by atoms with Gasteiger partial charge in [-0.2, -0.15) is 10.4 Å². The second-order valence-corrected chi connectivity index (χ2v) is 4.16. The Hall–Kier alpha value is -3.00. The van der Waals surface area contributed by atoms with Crippen molar-refractivity contribution in [3.8, 4) is 23.0 Å². The molecule has 3 aromatic rings. The van der Waals surface area contributed by atoms with Crippen molar-refractivity contribution in [1.82, 2.24) is 14.8 Å². The first-order chi connectivity index (χ1) is 9.78. The number of benzene rings is 1. The standard InChI is InChI=1S/C15H9FN4/c16-13-4-2-11(3-5-13)14-8-15(12(9-17)10-18-14)20-7-1-6-19-20/h1-8,10H. The van der Waals surface area contributed by atoms with Gasteiger partial charge in [-0.3, -0.25) is 4.98 Å². The fourth-order valence-electron chi connectivity index (χ4n) is 1.91. The molecule has 0 saturated heterocycles. The number of halogens is 1. The third-order valence-corrected chi connectivity index (χ3v) is 2.89. The molecule has 0 aliphatic carbocycles. The summed E-state index contributed by atoms with van der Waals surface area (Å²) in [5.41, 5.74) is 2.52. The highest BCUT2D eigenvalue weighted by Crippen LogP contribution is 2.22. The van der Waals surface area contributed by atoms with Crippen molar-refractivity contribution in [3.63, 3.8) is 0 Å². The molecule has 2 heterocycles. The van der Waals surface area contributed by atoms with E-state index in [1.807, 2.05) is 0 Å². The molecule has 0 fully saturated rings. The van der Waals surface area contributed by atoms with E-state index in [1.165, 1.54) is 18.3 Å². The number of aromatic nitrogens is 3. The quantitative estimate of drug-likeness (QED) is 0.715. The van der Waals surface area contributed by atoms with E-state index in [9.17, 15) is 4.39 Å². The summed E-state index contributed by atoms with van der Waals surface area (Å²) in [7, 11) is 0. The molecule has 0 atom stereocenters. The van der Waals surface area contributed by atoms with Crippen LogP contribution in [0, 0.1) is 17.1 Å². The lowest BCUT2D eigenvalue weighted by atomic mass is 10.1. The first-order valence-electron chi connectivity index (χ1n) is 5.94. The number of rotatable bonds is 2. The first kappa shape index (κ1) is 12.1. The van der Waals surface area contributed by atoms with Crippen LogP contribution in [-0.2, 0) is 0 Å². The van der Waals surface area contributed by atoms with Gasteiger partial charge in [-0.15, -0.1) is 0 Å². The summed E-state index contributed by atoms with van der Waals surface area (Å²) >= 11 is 0. The lowest BCUT2D eigenvalue weighted by Crippen LogP contribution is -2.00. The summed E-state index contributed by atoms with van der Waals surface area (Å²) in [6, 6.07) is 11.7. The normalized spacial score (nSPS) is 10.2. The molecule has 0 saturated carbocycles. The monoisotopic (exact) mass is 264 g/mol. The van der Waals surface area contributed by atoms with Crippen LogP contribution < -0.4 is 0 Å². The summed E-state index contributed by atoms with van der Waals surface area (Å²) in [4.78, 5) is 4.23. The molecule has 5 heteroatoms. The Morgan fingerprint density at radius 2 is 2.00 bits per heavy atom. The molecule has 0 N–H and O–H groups in total. The zero-order chi connectivity index (χ0) is 13.9. The van der Waals surface area contributed by atoms with Crippen molar-refractivity contribution in [3.05, 3.63) is 66.4 Å². The smallest absolute Gasteiger partial charge is 0.123 e. The molecule has 0 spiro atoms. The van der Waals surface area contributed by atoms with Crippen LogP contribution >= 0.6 is 0 Å². The molecule has 0 bridgehead atoms. The van der Waals surface area contributed by atoms with E-state index >= 15 is 0 Å². The molecule has 4 nitrogen and oxygen atoms in total. The van der Waals surface area contributed by atoms with E-state index in [4.69, 9.17) is 5.26 Å².